The summed E-state index contributed by atoms with van der Waals surface area (Å²) in [6.07, 6.45) is 0.554. The van der Waals surface area contributed by atoms with Gasteiger partial charge in [-0.05, 0) is 65.8 Å². The van der Waals surface area contributed by atoms with Crippen molar-refractivity contribution in [3.05, 3.63) is 67.7 Å². The Labute approximate surface area is 179 Å². The third-order valence-electron chi connectivity index (χ3n) is 4.55. The minimum absolute atomic E-state index is 0.0866. The number of carbonyl (C=O) groups is 1. The summed E-state index contributed by atoms with van der Waals surface area (Å²) in [6, 6.07) is 13.7. The molecule has 2 unspecified atom stereocenters. The molecule has 1 aliphatic heterocycles. The fourth-order valence-corrected chi connectivity index (χ4v) is 4.50. The van der Waals surface area contributed by atoms with E-state index in [1.54, 1.807) is 18.2 Å². The number of morpholine rings is 1. The van der Waals surface area contributed by atoms with Gasteiger partial charge in [0.2, 0.25) is 0 Å². The monoisotopic (exact) mass is 498 g/mol. The number of benzene rings is 2. The second-order valence-corrected chi connectivity index (χ2v) is 8.67. The zero-order chi connectivity index (χ0) is 19.4. The van der Waals surface area contributed by atoms with Gasteiger partial charge in [0.25, 0.3) is 5.91 Å². The number of halogens is 2. The first-order valence-electron chi connectivity index (χ1n) is 9.09. The summed E-state index contributed by atoms with van der Waals surface area (Å²) in [5.41, 5.74) is 3.01. The number of nitrogens with zero attached hydrogens (tertiary/aromatic N) is 1. The van der Waals surface area contributed by atoms with Crippen LogP contribution in [0.3, 0.4) is 0 Å². The molecular formula is C21H24ClIN2O2. The Morgan fingerprint density at radius 2 is 1.78 bits per heavy atom. The van der Waals surface area contributed by atoms with Crippen molar-refractivity contribution >= 4 is 40.1 Å². The summed E-state index contributed by atoms with van der Waals surface area (Å²) >= 11 is 8.08. The van der Waals surface area contributed by atoms with Crippen LogP contribution in [0, 0.1) is 3.57 Å². The first-order valence-corrected chi connectivity index (χ1v) is 10.6. The van der Waals surface area contributed by atoms with Gasteiger partial charge in [-0.1, -0.05) is 35.9 Å². The van der Waals surface area contributed by atoms with E-state index in [9.17, 15) is 4.79 Å². The summed E-state index contributed by atoms with van der Waals surface area (Å²) in [5, 5.41) is 3.61. The molecule has 3 rings (SSSR count). The van der Waals surface area contributed by atoms with E-state index in [1.165, 1.54) is 5.56 Å². The molecule has 1 fully saturated rings. The minimum atomic E-state index is -0.0866. The van der Waals surface area contributed by atoms with E-state index in [4.69, 9.17) is 16.3 Å². The highest BCUT2D eigenvalue weighted by molar-refractivity contribution is 14.1. The van der Waals surface area contributed by atoms with Crippen molar-refractivity contribution < 1.29 is 9.53 Å². The summed E-state index contributed by atoms with van der Waals surface area (Å²) < 4.78 is 6.64. The normalized spacial score (nSPS) is 20.4. The first kappa shape index (κ1) is 20.6. The number of ether oxygens (including phenoxy) is 1. The van der Waals surface area contributed by atoms with Crippen LogP contribution < -0.4 is 5.32 Å². The topological polar surface area (TPSA) is 41.6 Å². The van der Waals surface area contributed by atoms with E-state index in [2.05, 4.69) is 70.9 Å². The number of carbonyl (C=O) groups excluding carboxylic acids is 1. The van der Waals surface area contributed by atoms with Crippen molar-refractivity contribution in [2.24, 2.45) is 0 Å². The molecule has 1 heterocycles. The number of amides is 1. The predicted octanol–water partition coefficient (Wildman–Crippen LogP) is 4.48. The predicted molar refractivity (Wildman–Crippen MR) is 117 cm³/mol. The van der Waals surface area contributed by atoms with Crippen LogP contribution in [0.25, 0.3) is 0 Å². The van der Waals surface area contributed by atoms with Crippen LogP contribution in [-0.2, 0) is 17.8 Å². The molecule has 1 amide bonds. The molecule has 2 aromatic carbocycles. The number of nitrogens with one attached hydrogen (secondary N) is 1. The molecule has 6 heteroatoms. The largest absolute Gasteiger partial charge is 0.373 e. The third kappa shape index (κ3) is 5.91. The highest BCUT2D eigenvalue weighted by atomic mass is 127. The molecule has 0 saturated carbocycles. The zero-order valence-electron chi connectivity index (χ0n) is 15.5. The molecule has 0 spiro atoms. The molecule has 0 bridgehead atoms. The minimum Gasteiger partial charge on any atom is -0.373 e. The van der Waals surface area contributed by atoms with Crippen LogP contribution >= 0.6 is 34.2 Å². The van der Waals surface area contributed by atoms with Crippen LogP contribution in [-0.4, -0.2) is 36.1 Å². The average Bonchev–Trinajstić information content (AvgIpc) is 2.60. The highest BCUT2D eigenvalue weighted by Crippen LogP contribution is 2.18. The van der Waals surface area contributed by atoms with Crippen molar-refractivity contribution in [3.8, 4) is 0 Å². The lowest BCUT2D eigenvalue weighted by atomic mass is 10.1. The van der Waals surface area contributed by atoms with Crippen molar-refractivity contribution in [1.29, 1.82) is 0 Å². The molecule has 1 N–H and O–H groups in total. The van der Waals surface area contributed by atoms with Gasteiger partial charge in [-0.15, -0.1) is 0 Å². The maximum Gasteiger partial charge on any atom is 0.252 e. The van der Waals surface area contributed by atoms with Gasteiger partial charge in [-0.25, -0.2) is 0 Å². The second kappa shape index (κ2) is 9.37. The smallest absolute Gasteiger partial charge is 0.252 e. The maximum absolute atomic E-state index is 12.4. The molecule has 2 atom stereocenters. The summed E-state index contributed by atoms with van der Waals surface area (Å²) in [7, 11) is 0. The van der Waals surface area contributed by atoms with Gasteiger partial charge < -0.3 is 10.1 Å². The third-order valence-corrected chi connectivity index (χ3v) is 5.68. The molecule has 1 aliphatic rings. The molecule has 27 heavy (non-hydrogen) atoms. The Morgan fingerprint density at radius 1 is 1.15 bits per heavy atom. The van der Waals surface area contributed by atoms with E-state index in [1.807, 2.05) is 0 Å². The molecule has 144 valence electrons. The lowest BCUT2D eigenvalue weighted by Crippen LogP contribution is -2.44. The average molecular weight is 499 g/mol. The van der Waals surface area contributed by atoms with Crippen molar-refractivity contribution in [3.63, 3.8) is 0 Å². The summed E-state index contributed by atoms with van der Waals surface area (Å²) in [5.74, 6) is -0.0866. The summed E-state index contributed by atoms with van der Waals surface area (Å²) in [4.78, 5) is 14.8. The van der Waals surface area contributed by atoms with Gasteiger partial charge in [-0.3, -0.25) is 9.69 Å². The van der Waals surface area contributed by atoms with Gasteiger partial charge in [0.1, 0.15) is 0 Å². The standard InChI is InChI=1S/C21H24ClIN2O2/c1-14-11-25(12-15(2)27-14)13-17-5-3-16(4-6-17)10-24-21(26)19-8-7-18(22)9-20(19)23/h3-9,14-15H,10-13H2,1-2H3,(H,24,26). The van der Waals surface area contributed by atoms with Crippen LogP contribution in [0.2, 0.25) is 5.02 Å². The molecule has 0 radical (unpaired) electrons. The van der Waals surface area contributed by atoms with E-state index in [-0.39, 0.29) is 18.1 Å². The van der Waals surface area contributed by atoms with Gasteiger partial charge in [-0.2, -0.15) is 0 Å². The summed E-state index contributed by atoms with van der Waals surface area (Å²) in [6.45, 7) is 7.59. The highest BCUT2D eigenvalue weighted by Gasteiger charge is 2.21. The van der Waals surface area contributed by atoms with Crippen LogP contribution in [0.5, 0.6) is 0 Å². The van der Waals surface area contributed by atoms with E-state index in [0.29, 0.717) is 17.1 Å². The van der Waals surface area contributed by atoms with Crippen LogP contribution in [0.4, 0.5) is 0 Å². The first-order chi connectivity index (χ1) is 12.9. The Morgan fingerprint density at radius 3 is 2.41 bits per heavy atom. The van der Waals surface area contributed by atoms with Gasteiger partial charge in [0.05, 0.1) is 17.8 Å². The number of hydrogen-bond donors (Lipinski definition) is 1. The Kier molecular flexibility index (Phi) is 7.14. The number of rotatable bonds is 5. The van der Waals surface area contributed by atoms with E-state index >= 15 is 0 Å². The maximum atomic E-state index is 12.4. The van der Waals surface area contributed by atoms with Gasteiger partial charge in [0.15, 0.2) is 0 Å². The second-order valence-electron chi connectivity index (χ2n) is 7.07. The zero-order valence-corrected chi connectivity index (χ0v) is 18.5. The SMILES string of the molecule is CC1CN(Cc2ccc(CNC(=O)c3ccc(Cl)cc3I)cc2)CC(C)O1. The van der Waals surface area contributed by atoms with Crippen LogP contribution in [0.15, 0.2) is 42.5 Å². The van der Waals surface area contributed by atoms with Crippen molar-refractivity contribution in [1.82, 2.24) is 10.2 Å². The van der Waals surface area contributed by atoms with Crippen molar-refractivity contribution in [2.75, 3.05) is 13.1 Å². The van der Waals surface area contributed by atoms with Gasteiger partial charge in [0, 0.05) is 34.8 Å². The van der Waals surface area contributed by atoms with Crippen molar-refractivity contribution in [2.45, 2.75) is 39.1 Å². The van der Waals surface area contributed by atoms with Gasteiger partial charge >= 0.3 is 0 Å². The van der Waals surface area contributed by atoms with Crippen LogP contribution in [0.1, 0.15) is 35.3 Å². The molecule has 2 aromatic rings. The Hall–Kier alpha value is -1.15. The van der Waals surface area contributed by atoms with E-state index < -0.39 is 0 Å². The molecular weight excluding hydrogens is 475 g/mol. The molecule has 0 aliphatic carbocycles. The fraction of sp³-hybridized carbons (Fsp3) is 0.381. The Balaban J connectivity index is 1.54. The van der Waals surface area contributed by atoms with E-state index in [0.717, 1.165) is 28.8 Å². The lowest BCUT2D eigenvalue weighted by molar-refractivity contribution is -0.0704. The quantitative estimate of drug-likeness (QED) is 0.618. The Bertz CT molecular complexity index is 787. The lowest BCUT2D eigenvalue weighted by Gasteiger charge is -2.35. The molecule has 4 nitrogen and oxygen atoms in total. The molecule has 1 saturated heterocycles. The molecule has 0 aromatic heterocycles. The number of hydrogen-bond acceptors (Lipinski definition) is 3. The fourth-order valence-electron chi connectivity index (χ4n) is 3.39.